The van der Waals surface area contributed by atoms with E-state index in [9.17, 15) is 14.4 Å². The molecule has 33 heavy (non-hydrogen) atoms. The van der Waals surface area contributed by atoms with Crippen molar-refractivity contribution in [2.24, 2.45) is 5.10 Å². The molecule has 0 saturated heterocycles. The van der Waals surface area contributed by atoms with Gasteiger partial charge in [0.05, 0.1) is 26.1 Å². The van der Waals surface area contributed by atoms with Gasteiger partial charge in [0, 0.05) is 11.8 Å². The Balaban J connectivity index is 1.40. The lowest BCUT2D eigenvalue weighted by molar-refractivity contribution is -0.136. The highest BCUT2D eigenvalue weighted by atomic mass is 16.5. The van der Waals surface area contributed by atoms with E-state index in [0.29, 0.717) is 28.5 Å². The number of carbonyl (C=O) groups excluding carboxylic acids is 3. The number of nitrogens with one attached hydrogen (secondary N) is 3. The van der Waals surface area contributed by atoms with Crippen LogP contribution in [0.15, 0.2) is 76.4 Å². The van der Waals surface area contributed by atoms with Gasteiger partial charge in [-0.25, -0.2) is 5.43 Å². The molecule has 3 N–H and O–H groups in total. The van der Waals surface area contributed by atoms with Gasteiger partial charge in [-0.15, -0.1) is 0 Å². The van der Waals surface area contributed by atoms with E-state index in [1.54, 1.807) is 60.7 Å². The van der Waals surface area contributed by atoms with Crippen LogP contribution in [0.3, 0.4) is 0 Å². The maximum absolute atomic E-state index is 11.9. The van der Waals surface area contributed by atoms with Crippen LogP contribution in [0.1, 0.15) is 11.3 Å². The van der Waals surface area contributed by atoms with Crippen LogP contribution in [-0.2, 0) is 20.9 Å². The minimum atomic E-state index is -0.922. The van der Waals surface area contributed by atoms with Crippen LogP contribution in [0, 0.1) is 0 Å². The summed E-state index contributed by atoms with van der Waals surface area (Å²) >= 11 is 0. The Bertz CT molecular complexity index is 1110. The number of carbonyl (C=O) groups is 3. The van der Waals surface area contributed by atoms with Crippen LogP contribution in [0.5, 0.6) is 11.5 Å². The number of nitrogens with zero attached hydrogens (tertiary/aromatic N) is 1. The number of benzene rings is 2. The molecule has 0 aliphatic rings. The van der Waals surface area contributed by atoms with Gasteiger partial charge in [0.2, 0.25) is 0 Å². The van der Waals surface area contributed by atoms with Gasteiger partial charge in [-0.3, -0.25) is 14.4 Å². The average molecular weight is 450 g/mol. The van der Waals surface area contributed by atoms with Crippen molar-refractivity contribution in [1.29, 1.82) is 0 Å². The molecule has 0 radical (unpaired) electrons. The fourth-order valence-electron chi connectivity index (χ4n) is 2.55. The minimum absolute atomic E-state index is 0.146. The monoisotopic (exact) mass is 450 g/mol. The van der Waals surface area contributed by atoms with Gasteiger partial charge in [-0.1, -0.05) is 6.07 Å². The fraction of sp³-hybridized carbons (Fsp3) is 0.130. The summed E-state index contributed by atoms with van der Waals surface area (Å²) in [7, 11) is 1.50. The highest BCUT2D eigenvalue weighted by Gasteiger charge is 2.13. The Kier molecular flexibility index (Phi) is 8.18. The van der Waals surface area contributed by atoms with Gasteiger partial charge in [0.25, 0.3) is 5.91 Å². The molecule has 10 heteroatoms. The first-order valence-corrected chi connectivity index (χ1v) is 9.84. The van der Waals surface area contributed by atoms with E-state index < -0.39 is 11.8 Å². The third-order valence-electron chi connectivity index (χ3n) is 4.20. The number of rotatable bonds is 9. The zero-order chi connectivity index (χ0) is 23.5. The van der Waals surface area contributed by atoms with E-state index in [-0.39, 0.29) is 19.1 Å². The smallest absolute Gasteiger partial charge is 0.329 e. The number of ether oxygens (including phenoxy) is 2. The summed E-state index contributed by atoms with van der Waals surface area (Å²) in [5, 5.41) is 8.90. The zero-order valence-electron chi connectivity index (χ0n) is 17.7. The van der Waals surface area contributed by atoms with Crippen molar-refractivity contribution in [3.05, 3.63) is 78.3 Å². The molecule has 0 fully saturated rings. The first-order valence-electron chi connectivity index (χ1n) is 9.84. The maximum atomic E-state index is 11.9. The van der Waals surface area contributed by atoms with Gasteiger partial charge < -0.3 is 24.5 Å². The second-order valence-electron chi connectivity index (χ2n) is 6.60. The molecule has 0 aliphatic heterocycles. The molecule has 3 rings (SSSR count). The van der Waals surface area contributed by atoms with Gasteiger partial charge in [-0.2, -0.15) is 5.10 Å². The second kappa shape index (κ2) is 11.7. The SMILES string of the molecule is COc1cccc(NC(=O)C(=O)N/N=C\c2ccc(OCC(=O)NCc3ccco3)cc2)c1. The Morgan fingerprint density at radius 3 is 2.55 bits per heavy atom. The van der Waals surface area contributed by atoms with E-state index >= 15 is 0 Å². The van der Waals surface area contributed by atoms with Crippen LogP contribution in [0.25, 0.3) is 0 Å². The lowest BCUT2D eigenvalue weighted by Gasteiger charge is -2.07. The molecule has 10 nitrogen and oxygen atoms in total. The quantitative estimate of drug-likeness (QED) is 0.260. The third-order valence-corrected chi connectivity index (χ3v) is 4.20. The number of amides is 3. The van der Waals surface area contributed by atoms with Crippen molar-refractivity contribution in [2.75, 3.05) is 19.0 Å². The summed E-state index contributed by atoms with van der Waals surface area (Å²) in [6, 6.07) is 16.8. The number of hydrazone groups is 1. The molecule has 0 unspecified atom stereocenters. The lowest BCUT2D eigenvalue weighted by atomic mass is 10.2. The molecule has 3 amide bonds. The molecular formula is C23H22N4O6. The highest BCUT2D eigenvalue weighted by molar-refractivity contribution is 6.39. The zero-order valence-corrected chi connectivity index (χ0v) is 17.7. The highest BCUT2D eigenvalue weighted by Crippen LogP contribution is 2.16. The number of methoxy groups -OCH3 is 1. The van der Waals surface area contributed by atoms with Crippen molar-refractivity contribution in [2.45, 2.75) is 6.54 Å². The molecule has 0 aliphatic carbocycles. The second-order valence-corrected chi connectivity index (χ2v) is 6.60. The van der Waals surface area contributed by atoms with Crippen molar-refractivity contribution in [1.82, 2.24) is 10.7 Å². The summed E-state index contributed by atoms with van der Waals surface area (Å²) in [5.74, 6) is -0.386. The molecule has 3 aromatic rings. The molecule has 0 saturated carbocycles. The van der Waals surface area contributed by atoms with Crippen LogP contribution >= 0.6 is 0 Å². The summed E-state index contributed by atoms with van der Waals surface area (Å²) in [5.41, 5.74) is 3.23. The van der Waals surface area contributed by atoms with E-state index in [4.69, 9.17) is 13.9 Å². The third kappa shape index (κ3) is 7.55. The van der Waals surface area contributed by atoms with E-state index in [1.807, 2.05) is 0 Å². The van der Waals surface area contributed by atoms with Crippen molar-refractivity contribution in [3.63, 3.8) is 0 Å². The normalized spacial score (nSPS) is 10.5. The molecule has 2 aromatic carbocycles. The number of hydrogen-bond acceptors (Lipinski definition) is 7. The average Bonchev–Trinajstić information content (AvgIpc) is 3.36. The Morgan fingerprint density at radius 1 is 1.00 bits per heavy atom. The van der Waals surface area contributed by atoms with Crippen molar-refractivity contribution in [3.8, 4) is 11.5 Å². The predicted molar refractivity (Wildman–Crippen MR) is 120 cm³/mol. The van der Waals surface area contributed by atoms with Gasteiger partial charge in [-0.05, 0) is 54.1 Å². The summed E-state index contributed by atoms with van der Waals surface area (Å²) in [6.45, 7) is 0.139. The standard InChI is InChI=1S/C23H22N4O6/c1-31-19-5-2-4-17(12-19)26-22(29)23(30)27-25-13-16-7-9-18(10-8-16)33-15-21(28)24-14-20-6-3-11-32-20/h2-13H,14-15H2,1H3,(H,24,28)(H,26,29)(H,27,30)/b25-13-. The Hall–Kier alpha value is -4.60. The van der Waals surface area contributed by atoms with E-state index in [0.717, 1.165) is 0 Å². The summed E-state index contributed by atoms with van der Waals surface area (Å²) < 4.78 is 15.6. The number of furan rings is 1. The Labute approximate surface area is 189 Å². The van der Waals surface area contributed by atoms with Crippen LogP contribution < -0.4 is 25.5 Å². The summed E-state index contributed by atoms with van der Waals surface area (Å²) in [4.78, 5) is 35.6. The Morgan fingerprint density at radius 2 is 1.82 bits per heavy atom. The molecule has 0 bridgehead atoms. The number of hydrogen-bond donors (Lipinski definition) is 3. The minimum Gasteiger partial charge on any atom is -0.497 e. The van der Waals surface area contributed by atoms with Crippen molar-refractivity contribution >= 4 is 29.6 Å². The van der Waals surface area contributed by atoms with Gasteiger partial charge in [0.15, 0.2) is 6.61 Å². The molecule has 1 aromatic heterocycles. The summed E-state index contributed by atoms with van der Waals surface area (Å²) in [6.07, 6.45) is 2.90. The molecule has 0 atom stereocenters. The first kappa shape index (κ1) is 23.1. The molecule has 0 spiro atoms. The predicted octanol–water partition coefficient (Wildman–Crippen LogP) is 2.07. The van der Waals surface area contributed by atoms with Gasteiger partial charge >= 0.3 is 11.8 Å². The molecule has 170 valence electrons. The van der Waals surface area contributed by atoms with Gasteiger partial charge in [0.1, 0.15) is 17.3 Å². The van der Waals surface area contributed by atoms with Crippen LogP contribution in [0.2, 0.25) is 0 Å². The van der Waals surface area contributed by atoms with Crippen LogP contribution in [-0.4, -0.2) is 37.7 Å². The number of anilines is 1. The van der Waals surface area contributed by atoms with Crippen molar-refractivity contribution < 1.29 is 28.3 Å². The maximum Gasteiger partial charge on any atom is 0.329 e. The molecule has 1 heterocycles. The van der Waals surface area contributed by atoms with Crippen LogP contribution in [0.4, 0.5) is 5.69 Å². The lowest BCUT2D eigenvalue weighted by Crippen LogP contribution is -2.32. The fourth-order valence-corrected chi connectivity index (χ4v) is 2.55. The van der Waals surface area contributed by atoms with E-state index in [2.05, 4.69) is 21.2 Å². The van der Waals surface area contributed by atoms with E-state index in [1.165, 1.54) is 19.6 Å². The molecular weight excluding hydrogens is 428 g/mol. The first-order chi connectivity index (χ1) is 16.0. The largest absolute Gasteiger partial charge is 0.497 e. The topological polar surface area (TPSA) is 131 Å².